The van der Waals surface area contributed by atoms with Crippen molar-refractivity contribution in [2.45, 2.75) is 27.7 Å². The third kappa shape index (κ3) is 6.41. The monoisotopic (exact) mass is 455 g/mol. The Hall–Kier alpha value is -2.65. The van der Waals surface area contributed by atoms with Crippen LogP contribution >= 0.6 is 11.8 Å². The largest absolute Gasteiger partial charge is 0.324 e. The average Bonchev–Trinajstić information content (AvgIpc) is 2.74. The van der Waals surface area contributed by atoms with Crippen molar-refractivity contribution >= 4 is 33.4 Å². The fourth-order valence-electron chi connectivity index (χ4n) is 3.02. The van der Waals surface area contributed by atoms with E-state index in [2.05, 4.69) is 5.32 Å². The van der Waals surface area contributed by atoms with E-state index in [1.807, 2.05) is 73.5 Å². The SMILES string of the molecule is C[C@@H](c1ccc(S(N)(=O)=O)cc1)N(C)CC(=O)Nc1ccccc1Sc1ccccc1. The van der Waals surface area contributed by atoms with Crippen molar-refractivity contribution in [3.8, 4) is 0 Å². The highest BCUT2D eigenvalue weighted by atomic mass is 32.2. The molecule has 6 nitrogen and oxygen atoms in total. The van der Waals surface area contributed by atoms with Crippen LogP contribution in [0.2, 0.25) is 0 Å². The molecule has 31 heavy (non-hydrogen) atoms. The molecule has 0 aromatic heterocycles. The molecular formula is C23H25N3O3S2. The number of primary sulfonamides is 1. The van der Waals surface area contributed by atoms with Crippen LogP contribution in [0.4, 0.5) is 5.69 Å². The Labute approximate surface area is 187 Å². The third-order valence-corrected chi connectivity index (χ3v) is 6.89. The van der Waals surface area contributed by atoms with Crippen LogP contribution in [0.3, 0.4) is 0 Å². The molecule has 3 aromatic carbocycles. The summed E-state index contributed by atoms with van der Waals surface area (Å²) in [5.74, 6) is -0.128. The van der Waals surface area contributed by atoms with Gasteiger partial charge in [0.2, 0.25) is 15.9 Å². The van der Waals surface area contributed by atoms with Crippen molar-refractivity contribution in [3.05, 3.63) is 84.4 Å². The Morgan fingerprint density at radius 1 is 1.00 bits per heavy atom. The number of nitrogens with two attached hydrogens (primary N) is 1. The molecule has 0 fully saturated rings. The van der Waals surface area contributed by atoms with Gasteiger partial charge in [-0.25, -0.2) is 13.6 Å². The molecule has 0 spiro atoms. The fourth-order valence-corrected chi connectivity index (χ4v) is 4.46. The number of likely N-dealkylation sites (N-methyl/N-ethyl adjacent to an activating group) is 1. The summed E-state index contributed by atoms with van der Waals surface area (Å²) in [5.41, 5.74) is 1.66. The van der Waals surface area contributed by atoms with E-state index in [1.165, 1.54) is 12.1 Å². The van der Waals surface area contributed by atoms with E-state index in [1.54, 1.807) is 23.9 Å². The van der Waals surface area contributed by atoms with Gasteiger partial charge in [-0.15, -0.1) is 0 Å². The number of amides is 1. The number of nitrogens with one attached hydrogen (secondary N) is 1. The number of benzene rings is 3. The van der Waals surface area contributed by atoms with Gasteiger partial charge in [0.05, 0.1) is 17.1 Å². The number of hydrogen-bond acceptors (Lipinski definition) is 5. The zero-order valence-electron chi connectivity index (χ0n) is 17.4. The van der Waals surface area contributed by atoms with Crippen LogP contribution in [0.25, 0.3) is 0 Å². The Morgan fingerprint density at radius 3 is 2.26 bits per heavy atom. The number of para-hydroxylation sites is 1. The molecule has 0 radical (unpaired) electrons. The first-order chi connectivity index (χ1) is 14.7. The van der Waals surface area contributed by atoms with Gasteiger partial charge in [0.25, 0.3) is 0 Å². The van der Waals surface area contributed by atoms with Crippen molar-refractivity contribution in [2.75, 3.05) is 18.9 Å². The minimum Gasteiger partial charge on any atom is -0.324 e. The summed E-state index contributed by atoms with van der Waals surface area (Å²) < 4.78 is 22.8. The summed E-state index contributed by atoms with van der Waals surface area (Å²) in [6, 6.07) is 24.0. The third-order valence-electron chi connectivity index (χ3n) is 4.88. The van der Waals surface area contributed by atoms with Gasteiger partial charge in [-0.05, 0) is 55.9 Å². The van der Waals surface area contributed by atoms with E-state index in [-0.39, 0.29) is 23.4 Å². The lowest BCUT2D eigenvalue weighted by Gasteiger charge is -2.25. The summed E-state index contributed by atoms with van der Waals surface area (Å²) in [4.78, 5) is 16.7. The molecule has 3 N–H and O–H groups in total. The first kappa shape index (κ1) is 23.0. The minimum absolute atomic E-state index is 0.0661. The highest BCUT2D eigenvalue weighted by Crippen LogP contribution is 2.33. The Morgan fingerprint density at radius 2 is 1.61 bits per heavy atom. The van der Waals surface area contributed by atoms with E-state index in [9.17, 15) is 13.2 Å². The van der Waals surface area contributed by atoms with Crippen molar-refractivity contribution in [1.82, 2.24) is 4.90 Å². The summed E-state index contributed by atoms with van der Waals surface area (Å²) >= 11 is 1.59. The normalized spacial score (nSPS) is 12.5. The summed E-state index contributed by atoms with van der Waals surface area (Å²) in [6.45, 7) is 2.14. The van der Waals surface area contributed by atoms with Crippen molar-refractivity contribution < 1.29 is 13.2 Å². The van der Waals surface area contributed by atoms with E-state index < -0.39 is 10.0 Å². The van der Waals surface area contributed by atoms with Gasteiger partial charge < -0.3 is 5.32 Å². The maximum Gasteiger partial charge on any atom is 0.238 e. The maximum absolute atomic E-state index is 12.7. The molecular weight excluding hydrogens is 430 g/mol. The van der Waals surface area contributed by atoms with Gasteiger partial charge in [0.15, 0.2) is 0 Å². The maximum atomic E-state index is 12.7. The van der Waals surface area contributed by atoms with Crippen LogP contribution in [0.15, 0.2) is 93.5 Å². The quantitative estimate of drug-likeness (QED) is 0.533. The number of carbonyl (C=O) groups is 1. The molecule has 0 unspecified atom stereocenters. The first-order valence-corrected chi connectivity index (χ1v) is 12.0. The number of rotatable bonds is 8. The van der Waals surface area contributed by atoms with Gasteiger partial charge in [-0.3, -0.25) is 9.69 Å². The molecule has 0 aliphatic heterocycles. The van der Waals surface area contributed by atoms with Crippen LogP contribution in [0, 0.1) is 0 Å². The van der Waals surface area contributed by atoms with Gasteiger partial charge >= 0.3 is 0 Å². The van der Waals surface area contributed by atoms with Crippen LogP contribution < -0.4 is 10.5 Å². The van der Waals surface area contributed by atoms with E-state index in [4.69, 9.17) is 5.14 Å². The van der Waals surface area contributed by atoms with Crippen molar-refractivity contribution in [3.63, 3.8) is 0 Å². The average molecular weight is 456 g/mol. The lowest BCUT2D eigenvalue weighted by Crippen LogP contribution is -2.32. The van der Waals surface area contributed by atoms with Crippen molar-refractivity contribution in [2.24, 2.45) is 5.14 Å². The van der Waals surface area contributed by atoms with E-state index in [0.29, 0.717) is 0 Å². The number of sulfonamides is 1. The summed E-state index contributed by atoms with van der Waals surface area (Å²) in [7, 11) is -1.88. The minimum atomic E-state index is -3.73. The first-order valence-electron chi connectivity index (χ1n) is 9.69. The molecule has 3 aromatic rings. The van der Waals surface area contributed by atoms with Crippen LogP contribution in [-0.2, 0) is 14.8 Å². The zero-order chi connectivity index (χ0) is 22.4. The predicted molar refractivity (Wildman–Crippen MR) is 124 cm³/mol. The highest BCUT2D eigenvalue weighted by molar-refractivity contribution is 7.99. The molecule has 162 valence electrons. The Bertz CT molecular complexity index is 1130. The van der Waals surface area contributed by atoms with E-state index >= 15 is 0 Å². The van der Waals surface area contributed by atoms with Crippen molar-refractivity contribution in [1.29, 1.82) is 0 Å². The van der Waals surface area contributed by atoms with Crippen LogP contribution in [0.1, 0.15) is 18.5 Å². The number of carbonyl (C=O) groups excluding carboxylic acids is 1. The molecule has 1 amide bonds. The lowest BCUT2D eigenvalue weighted by molar-refractivity contribution is -0.117. The smallest absolute Gasteiger partial charge is 0.238 e. The zero-order valence-corrected chi connectivity index (χ0v) is 19.0. The molecule has 8 heteroatoms. The second-order valence-electron chi connectivity index (χ2n) is 7.16. The molecule has 3 rings (SSSR count). The standard InChI is InChI=1S/C23H25N3O3S2/c1-17(18-12-14-20(15-13-18)31(24,28)29)26(2)16-23(27)25-21-10-6-7-11-22(21)30-19-8-4-3-5-9-19/h3-15,17H,16H2,1-2H3,(H,25,27)(H2,24,28,29)/t17-/m0/s1. The number of hydrogen-bond donors (Lipinski definition) is 2. The molecule has 0 saturated heterocycles. The molecule has 0 saturated carbocycles. The molecule has 0 bridgehead atoms. The molecule has 0 aliphatic carbocycles. The molecule has 0 heterocycles. The Balaban J connectivity index is 1.64. The highest BCUT2D eigenvalue weighted by Gasteiger charge is 2.17. The summed E-state index contributed by atoms with van der Waals surface area (Å²) in [5, 5.41) is 8.15. The van der Waals surface area contributed by atoms with Crippen LogP contribution in [-0.4, -0.2) is 32.8 Å². The van der Waals surface area contributed by atoms with Gasteiger partial charge in [-0.2, -0.15) is 0 Å². The van der Waals surface area contributed by atoms with Gasteiger partial charge in [0.1, 0.15) is 0 Å². The number of nitrogens with zero attached hydrogens (tertiary/aromatic N) is 1. The lowest BCUT2D eigenvalue weighted by atomic mass is 10.1. The van der Waals surface area contributed by atoms with Gasteiger partial charge in [0, 0.05) is 15.8 Å². The van der Waals surface area contributed by atoms with Crippen LogP contribution in [0.5, 0.6) is 0 Å². The summed E-state index contributed by atoms with van der Waals surface area (Å²) in [6.07, 6.45) is 0. The van der Waals surface area contributed by atoms with Gasteiger partial charge in [-0.1, -0.05) is 54.2 Å². The Kier molecular flexibility index (Phi) is 7.50. The number of anilines is 1. The second-order valence-corrected chi connectivity index (χ2v) is 9.84. The molecule has 0 aliphatic rings. The van der Waals surface area contributed by atoms with E-state index in [0.717, 1.165) is 21.0 Å². The second kappa shape index (κ2) is 10.1. The fraction of sp³-hybridized carbons (Fsp3) is 0.174. The molecule has 1 atom stereocenters. The predicted octanol–water partition coefficient (Wildman–Crippen LogP) is 4.12. The topological polar surface area (TPSA) is 92.5 Å².